The van der Waals surface area contributed by atoms with Crippen LogP contribution in [0.3, 0.4) is 0 Å². The first-order chi connectivity index (χ1) is 19.4. The van der Waals surface area contributed by atoms with E-state index in [0.29, 0.717) is 23.2 Å². The lowest BCUT2D eigenvalue weighted by molar-refractivity contribution is -0.00486. The molecule has 7 nitrogen and oxygen atoms in total. The molecule has 1 saturated heterocycles. The Balaban J connectivity index is 1.67. The van der Waals surface area contributed by atoms with Gasteiger partial charge in [-0.25, -0.2) is 9.18 Å². The van der Waals surface area contributed by atoms with Gasteiger partial charge in [-0.05, 0) is 38.8 Å². The smallest absolute Gasteiger partial charge is 0.480 e. The van der Waals surface area contributed by atoms with Gasteiger partial charge >= 0.3 is 13.2 Å². The highest BCUT2D eigenvalue weighted by Gasteiger charge is 2.58. The van der Waals surface area contributed by atoms with Crippen LogP contribution in [-0.4, -0.2) is 54.6 Å². The molecule has 0 unspecified atom stereocenters. The van der Waals surface area contributed by atoms with Crippen LogP contribution in [-0.2, 0) is 26.3 Å². The summed E-state index contributed by atoms with van der Waals surface area (Å²) in [6.45, 7) is 8.02. The highest BCUT2D eigenvalue weighted by molar-refractivity contribution is 6.66. The molecule has 0 spiro atoms. The number of likely N-dealkylation sites (N-methyl/N-ethyl adjacent to an activating group) is 1. The molecule has 41 heavy (non-hydrogen) atoms. The average Bonchev–Trinajstić information content (AvgIpc) is 3.34. The van der Waals surface area contributed by atoms with E-state index < -0.39 is 41.7 Å². The number of hydrogen-bond donors (Lipinski definition) is 1. The Morgan fingerprint density at radius 1 is 1.05 bits per heavy atom. The first kappa shape index (κ1) is 29.4. The molecule has 1 amide bonds. The van der Waals surface area contributed by atoms with Gasteiger partial charge in [-0.2, -0.15) is 0 Å². The number of halogens is 2. The maximum atomic E-state index is 15.5. The van der Waals surface area contributed by atoms with Gasteiger partial charge < -0.3 is 28.8 Å². The largest absolute Gasteiger partial charge is 0.496 e. The molecule has 5 rings (SSSR count). The van der Waals surface area contributed by atoms with Gasteiger partial charge in [0, 0.05) is 24.1 Å². The van der Waals surface area contributed by atoms with E-state index in [1.165, 1.54) is 13.1 Å². The Morgan fingerprint density at radius 3 is 2.22 bits per heavy atom. The molecule has 2 heterocycles. The first-order valence-electron chi connectivity index (χ1n) is 13.5. The summed E-state index contributed by atoms with van der Waals surface area (Å²) in [5.41, 5.74) is -0.0898. The van der Waals surface area contributed by atoms with Gasteiger partial charge in [-0.1, -0.05) is 72.3 Å². The van der Waals surface area contributed by atoms with E-state index in [9.17, 15) is 9.90 Å². The number of benzene rings is 3. The fourth-order valence-electron chi connectivity index (χ4n) is 5.49. The van der Waals surface area contributed by atoms with Crippen LogP contribution in [0.15, 0.2) is 66.7 Å². The molecule has 0 aromatic heterocycles. The van der Waals surface area contributed by atoms with E-state index in [0.717, 1.165) is 10.5 Å². The molecule has 2 atom stereocenters. The van der Waals surface area contributed by atoms with Crippen LogP contribution in [0.1, 0.15) is 50.3 Å². The van der Waals surface area contributed by atoms with E-state index in [1.807, 2.05) is 88.4 Å². The summed E-state index contributed by atoms with van der Waals surface area (Å²) in [4.78, 5) is 13.2. The molecule has 3 aromatic carbocycles. The zero-order chi connectivity index (χ0) is 29.6. The number of carboxylic acid groups (broad SMARTS) is 1. The van der Waals surface area contributed by atoms with Crippen molar-refractivity contribution < 1.29 is 33.1 Å². The zero-order valence-corrected chi connectivity index (χ0v) is 24.6. The Labute approximate surface area is 245 Å². The molecule has 3 aromatic rings. The van der Waals surface area contributed by atoms with Gasteiger partial charge in [-0.15, -0.1) is 0 Å². The molecule has 1 N–H and O–H groups in total. The number of amides is 1. The standard InChI is InChI=1S/C31H34BClFNO6/c1-29(2)30(3,4)41-32(40-29)26-25-22(18-38-17-20-12-8-6-9-13-20)31(19-35(5)28(36)37,21-14-10-7-11-15-21)39-24(25)16-23(34)27(26)33/h6-16,22H,17-19H2,1-5H3,(H,36,37)/t22-,31+/m0/s1. The maximum Gasteiger partial charge on any atom is 0.496 e. The molecule has 2 aliphatic rings. The quantitative estimate of drug-likeness (QED) is 0.330. The predicted molar refractivity (Wildman–Crippen MR) is 155 cm³/mol. The minimum absolute atomic E-state index is 0.0531. The highest BCUT2D eigenvalue weighted by atomic mass is 35.5. The fraction of sp³-hybridized carbons (Fsp3) is 0.387. The van der Waals surface area contributed by atoms with Gasteiger partial charge in [-0.3, -0.25) is 0 Å². The summed E-state index contributed by atoms with van der Waals surface area (Å²) in [7, 11) is 0.491. The van der Waals surface area contributed by atoms with Crippen molar-refractivity contribution in [1.82, 2.24) is 4.90 Å². The van der Waals surface area contributed by atoms with Crippen molar-refractivity contribution in [2.24, 2.45) is 0 Å². The van der Waals surface area contributed by atoms with Crippen molar-refractivity contribution in [3.8, 4) is 5.75 Å². The van der Waals surface area contributed by atoms with Crippen LogP contribution >= 0.6 is 11.6 Å². The first-order valence-corrected chi connectivity index (χ1v) is 13.9. The SMILES string of the molecule is CN(C[C@]1(c2ccccc2)Oc2cc(F)c(Cl)c(B3OC(C)(C)C(C)(C)O3)c2[C@@H]1COCc1ccccc1)C(=O)O. The third-order valence-electron chi connectivity index (χ3n) is 8.41. The van der Waals surface area contributed by atoms with Crippen LogP contribution < -0.4 is 10.2 Å². The molecule has 0 radical (unpaired) electrons. The molecule has 0 aliphatic carbocycles. The lowest BCUT2D eigenvalue weighted by Gasteiger charge is -2.37. The molecule has 216 valence electrons. The summed E-state index contributed by atoms with van der Waals surface area (Å²) in [6, 6.07) is 20.3. The van der Waals surface area contributed by atoms with Crippen molar-refractivity contribution in [1.29, 1.82) is 0 Å². The molecular formula is C31H34BClFNO6. The average molecular weight is 582 g/mol. The number of ether oxygens (including phenoxy) is 2. The van der Waals surface area contributed by atoms with Crippen LogP contribution in [0.25, 0.3) is 0 Å². The summed E-state index contributed by atoms with van der Waals surface area (Å²) >= 11 is 6.70. The minimum atomic E-state index is -1.26. The maximum absolute atomic E-state index is 15.5. The molecule has 1 fully saturated rings. The third kappa shape index (κ3) is 5.32. The second kappa shape index (κ2) is 10.9. The normalized spacial score (nSPS) is 22.3. The summed E-state index contributed by atoms with van der Waals surface area (Å²) in [6.07, 6.45) is -1.13. The van der Waals surface area contributed by atoms with Gasteiger partial charge in [0.15, 0.2) is 5.60 Å². The number of rotatable bonds is 8. The van der Waals surface area contributed by atoms with Gasteiger partial charge in [0.2, 0.25) is 0 Å². The topological polar surface area (TPSA) is 77.5 Å². The molecule has 2 aliphatic heterocycles. The molecular weight excluding hydrogens is 548 g/mol. The van der Waals surface area contributed by atoms with Crippen LogP contribution in [0.5, 0.6) is 5.75 Å². The van der Waals surface area contributed by atoms with Gasteiger partial charge in [0.05, 0.1) is 41.9 Å². The second-order valence-electron chi connectivity index (χ2n) is 11.6. The fourth-order valence-corrected chi connectivity index (χ4v) is 5.74. The lowest BCUT2D eigenvalue weighted by atomic mass is 9.69. The molecule has 0 saturated carbocycles. The zero-order valence-electron chi connectivity index (χ0n) is 23.8. The second-order valence-corrected chi connectivity index (χ2v) is 12.0. The number of carbonyl (C=O) groups is 1. The highest BCUT2D eigenvalue weighted by Crippen LogP contribution is 2.52. The van der Waals surface area contributed by atoms with Crippen molar-refractivity contribution in [3.63, 3.8) is 0 Å². The van der Waals surface area contributed by atoms with Crippen LogP contribution in [0.4, 0.5) is 9.18 Å². The number of hydrogen-bond acceptors (Lipinski definition) is 5. The monoisotopic (exact) mass is 581 g/mol. The van der Waals surface area contributed by atoms with Crippen molar-refractivity contribution in [3.05, 3.63) is 94.3 Å². The Hall–Kier alpha value is -3.11. The third-order valence-corrected chi connectivity index (χ3v) is 8.79. The van der Waals surface area contributed by atoms with E-state index in [4.69, 9.17) is 30.4 Å². The van der Waals surface area contributed by atoms with E-state index in [2.05, 4.69) is 0 Å². The summed E-state index contributed by atoms with van der Waals surface area (Å²) in [5.74, 6) is -1.04. The van der Waals surface area contributed by atoms with Gasteiger partial charge in [0.1, 0.15) is 11.6 Å². The van der Waals surface area contributed by atoms with E-state index in [1.54, 1.807) is 0 Å². The van der Waals surface area contributed by atoms with E-state index in [-0.39, 0.29) is 23.9 Å². The van der Waals surface area contributed by atoms with Crippen LogP contribution in [0, 0.1) is 5.82 Å². The van der Waals surface area contributed by atoms with Crippen LogP contribution in [0.2, 0.25) is 5.02 Å². The minimum Gasteiger partial charge on any atom is -0.480 e. The number of fused-ring (bicyclic) bond motifs is 1. The predicted octanol–water partition coefficient (Wildman–Crippen LogP) is 5.98. The molecule has 10 heteroatoms. The lowest BCUT2D eigenvalue weighted by Crippen LogP contribution is -2.49. The van der Waals surface area contributed by atoms with Crippen molar-refractivity contribution in [2.75, 3.05) is 20.2 Å². The number of nitrogens with zero attached hydrogens (tertiary/aromatic N) is 1. The summed E-state index contributed by atoms with van der Waals surface area (Å²) in [5, 5.41) is 9.75. The Bertz CT molecular complexity index is 1410. The Kier molecular flexibility index (Phi) is 7.85. The van der Waals surface area contributed by atoms with Crippen molar-refractivity contribution in [2.45, 2.75) is 57.0 Å². The van der Waals surface area contributed by atoms with Crippen molar-refractivity contribution >= 4 is 30.3 Å². The van der Waals surface area contributed by atoms with Gasteiger partial charge in [0.25, 0.3) is 0 Å². The molecule has 0 bridgehead atoms. The van der Waals surface area contributed by atoms with E-state index >= 15 is 4.39 Å². The Morgan fingerprint density at radius 2 is 1.63 bits per heavy atom. The summed E-state index contributed by atoms with van der Waals surface area (Å²) < 4.78 is 41.1.